The van der Waals surface area contributed by atoms with Crippen LogP contribution in [0.1, 0.15) is 61.4 Å². The van der Waals surface area contributed by atoms with Gasteiger partial charge in [-0.25, -0.2) is 4.98 Å². The maximum absolute atomic E-state index is 13.4. The molecule has 0 aromatic carbocycles. The van der Waals surface area contributed by atoms with Gasteiger partial charge in [0.15, 0.2) is 5.16 Å². The third kappa shape index (κ3) is 2.86. The van der Waals surface area contributed by atoms with Crippen LogP contribution in [-0.4, -0.2) is 15.3 Å². The summed E-state index contributed by atoms with van der Waals surface area (Å²) in [4.78, 5) is 20.8. The van der Waals surface area contributed by atoms with Crippen molar-refractivity contribution in [2.24, 2.45) is 0 Å². The van der Waals surface area contributed by atoms with Crippen LogP contribution in [0.4, 0.5) is 0 Å². The van der Waals surface area contributed by atoms with Gasteiger partial charge >= 0.3 is 0 Å². The SMILES string of the molecule is C=CCSc1nc2sc3c(c2c(=O)n1C1CCCCC1)CCCC3. The highest BCUT2D eigenvalue weighted by atomic mass is 32.2. The van der Waals surface area contributed by atoms with Gasteiger partial charge in [-0.2, -0.15) is 0 Å². The molecule has 0 saturated heterocycles. The quantitative estimate of drug-likeness (QED) is 0.431. The lowest BCUT2D eigenvalue weighted by atomic mass is 9.94. The molecule has 0 bridgehead atoms. The van der Waals surface area contributed by atoms with E-state index in [0.717, 1.165) is 46.8 Å². The third-order valence-corrected chi connectivity index (χ3v) is 7.39. The highest BCUT2D eigenvalue weighted by molar-refractivity contribution is 7.99. The minimum atomic E-state index is 0.220. The Morgan fingerprint density at radius 3 is 2.79 bits per heavy atom. The van der Waals surface area contributed by atoms with Gasteiger partial charge in [-0.15, -0.1) is 17.9 Å². The van der Waals surface area contributed by atoms with E-state index in [2.05, 4.69) is 6.58 Å². The molecule has 0 spiro atoms. The number of aromatic nitrogens is 2. The van der Waals surface area contributed by atoms with Crippen LogP contribution in [0.15, 0.2) is 22.6 Å². The monoisotopic (exact) mass is 360 g/mol. The summed E-state index contributed by atoms with van der Waals surface area (Å²) in [6, 6.07) is 0.328. The lowest BCUT2D eigenvalue weighted by molar-refractivity contribution is 0.326. The molecule has 2 aromatic rings. The molecule has 5 heteroatoms. The maximum atomic E-state index is 13.4. The van der Waals surface area contributed by atoms with Crippen molar-refractivity contribution in [3.05, 3.63) is 33.4 Å². The first-order chi connectivity index (χ1) is 11.8. The molecule has 0 atom stereocenters. The Morgan fingerprint density at radius 2 is 2.00 bits per heavy atom. The van der Waals surface area contributed by atoms with Gasteiger partial charge in [-0.3, -0.25) is 9.36 Å². The standard InChI is InChI=1S/C19H24N2OS2/c1-2-12-23-19-20-17-16(14-10-6-7-11-15(14)24-17)18(22)21(19)13-8-4-3-5-9-13/h2,13H,1,3-12H2. The summed E-state index contributed by atoms with van der Waals surface area (Å²) in [5.74, 6) is 0.801. The van der Waals surface area contributed by atoms with Crippen molar-refractivity contribution in [1.82, 2.24) is 9.55 Å². The first kappa shape index (κ1) is 16.4. The third-order valence-electron chi connectivity index (χ3n) is 5.26. The predicted molar refractivity (Wildman–Crippen MR) is 104 cm³/mol. The molecule has 0 radical (unpaired) electrons. The first-order valence-corrected chi connectivity index (χ1v) is 10.9. The number of fused-ring (bicyclic) bond motifs is 3. The molecule has 2 heterocycles. The first-order valence-electron chi connectivity index (χ1n) is 9.10. The van der Waals surface area contributed by atoms with Gasteiger partial charge in [0.05, 0.1) is 5.39 Å². The molecule has 2 aromatic heterocycles. The molecular weight excluding hydrogens is 336 g/mol. The van der Waals surface area contributed by atoms with Crippen LogP contribution in [0.3, 0.4) is 0 Å². The molecular formula is C19H24N2OS2. The Morgan fingerprint density at radius 1 is 1.21 bits per heavy atom. The van der Waals surface area contributed by atoms with Crippen LogP contribution in [0.25, 0.3) is 10.2 Å². The van der Waals surface area contributed by atoms with Crippen molar-refractivity contribution in [1.29, 1.82) is 0 Å². The average Bonchev–Trinajstić information content (AvgIpc) is 2.99. The Balaban J connectivity index is 1.90. The molecule has 24 heavy (non-hydrogen) atoms. The summed E-state index contributed by atoms with van der Waals surface area (Å²) in [7, 11) is 0. The van der Waals surface area contributed by atoms with E-state index in [1.54, 1.807) is 23.1 Å². The number of hydrogen-bond donors (Lipinski definition) is 0. The van der Waals surface area contributed by atoms with Gasteiger partial charge < -0.3 is 0 Å². The number of thiophene rings is 1. The molecule has 0 amide bonds. The van der Waals surface area contributed by atoms with Gasteiger partial charge in [-0.05, 0) is 44.1 Å². The van der Waals surface area contributed by atoms with Gasteiger partial charge in [0.1, 0.15) is 4.83 Å². The topological polar surface area (TPSA) is 34.9 Å². The van der Waals surface area contributed by atoms with Crippen LogP contribution in [0.5, 0.6) is 0 Å². The molecule has 1 saturated carbocycles. The summed E-state index contributed by atoms with van der Waals surface area (Å²) in [6.45, 7) is 3.82. The number of hydrogen-bond acceptors (Lipinski definition) is 4. The summed E-state index contributed by atoms with van der Waals surface area (Å²) < 4.78 is 2.04. The zero-order valence-electron chi connectivity index (χ0n) is 14.1. The van der Waals surface area contributed by atoms with E-state index in [1.165, 1.54) is 42.5 Å². The van der Waals surface area contributed by atoms with Crippen LogP contribution >= 0.6 is 23.1 Å². The van der Waals surface area contributed by atoms with Crippen LogP contribution in [0.2, 0.25) is 0 Å². The molecule has 1 fully saturated rings. The van der Waals surface area contributed by atoms with Crippen LogP contribution in [0, 0.1) is 0 Å². The fourth-order valence-corrected chi connectivity index (χ4v) is 6.20. The van der Waals surface area contributed by atoms with Crippen molar-refractivity contribution in [2.75, 3.05) is 5.75 Å². The van der Waals surface area contributed by atoms with Crippen LogP contribution in [-0.2, 0) is 12.8 Å². The van der Waals surface area contributed by atoms with E-state index >= 15 is 0 Å². The van der Waals surface area contributed by atoms with Gasteiger partial charge in [0.2, 0.25) is 0 Å². The Kier molecular flexibility index (Phi) is 4.81. The Bertz CT molecular complexity index is 815. The largest absolute Gasteiger partial charge is 0.284 e. The van der Waals surface area contributed by atoms with Gasteiger partial charge in [-0.1, -0.05) is 37.1 Å². The summed E-state index contributed by atoms with van der Waals surface area (Å²) >= 11 is 3.41. The predicted octanol–water partition coefficient (Wildman–Crippen LogP) is 5.12. The summed E-state index contributed by atoms with van der Waals surface area (Å²) in [5.41, 5.74) is 1.53. The van der Waals surface area contributed by atoms with E-state index in [0.29, 0.717) is 6.04 Å². The van der Waals surface area contributed by atoms with E-state index in [-0.39, 0.29) is 5.56 Å². The second-order valence-electron chi connectivity index (χ2n) is 6.85. The zero-order chi connectivity index (χ0) is 16.5. The lowest BCUT2D eigenvalue weighted by Gasteiger charge is -2.26. The van der Waals surface area contributed by atoms with Gasteiger partial charge in [0.25, 0.3) is 5.56 Å². The number of nitrogens with zero attached hydrogens (tertiary/aromatic N) is 2. The van der Waals surface area contributed by atoms with Crippen molar-refractivity contribution < 1.29 is 0 Å². The second-order valence-corrected chi connectivity index (χ2v) is 8.92. The van der Waals surface area contributed by atoms with E-state index in [4.69, 9.17) is 4.98 Å². The fourth-order valence-electron chi connectivity index (χ4n) is 4.10. The van der Waals surface area contributed by atoms with Crippen molar-refractivity contribution in [3.8, 4) is 0 Å². The molecule has 2 aliphatic carbocycles. The fraction of sp³-hybridized carbons (Fsp3) is 0.579. The Labute approximate surface area is 151 Å². The molecule has 0 aliphatic heterocycles. The summed E-state index contributed by atoms with van der Waals surface area (Å²) in [6.07, 6.45) is 12.5. The smallest absolute Gasteiger partial charge is 0.263 e. The van der Waals surface area contributed by atoms with E-state index in [1.807, 2.05) is 10.6 Å². The maximum Gasteiger partial charge on any atom is 0.263 e. The minimum Gasteiger partial charge on any atom is -0.284 e. The lowest BCUT2D eigenvalue weighted by Crippen LogP contribution is -2.29. The molecule has 4 rings (SSSR count). The van der Waals surface area contributed by atoms with E-state index < -0.39 is 0 Å². The molecule has 3 nitrogen and oxygen atoms in total. The highest BCUT2D eigenvalue weighted by Crippen LogP contribution is 2.36. The second kappa shape index (κ2) is 7.04. The van der Waals surface area contributed by atoms with Crippen LogP contribution < -0.4 is 5.56 Å². The number of rotatable bonds is 4. The minimum absolute atomic E-state index is 0.220. The van der Waals surface area contributed by atoms with Gasteiger partial charge in [0, 0.05) is 16.7 Å². The molecule has 0 unspecified atom stereocenters. The normalized spacial score (nSPS) is 18.7. The van der Waals surface area contributed by atoms with Crippen molar-refractivity contribution >= 4 is 33.3 Å². The summed E-state index contributed by atoms with van der Waals surface area (Å²) in [5, 5.41) is 1.83. The van der Waals surface area contributed by atoms with Crippen molar-refractivity contribution in [2.45, 2.75) is 69.0 Å². The Hall–Kier alpha value is -1.07. The molecule has 128 valence electrons. The average molecular weight is 361 g/mol. The highest BCUT2D eigenvalue weighted by Gasteiger charge is 2.26. The molecule has 0 N–H and O–H groups in total. The number of thioether (sulfide) groups is 1. The molecule has 2 aliphatic rings. The van der Waals surface area contributed by atoms with Crippen molar-refractivity contribution in [3.63, 3.8) is 0 Å². The van der Waals surface area contributed by atoms with E-state index in [9.17, 15) is 4.79 Å². The zero-order valence-corrected chi connectivity index (χ0v) is 15.7. The number of aryl methyl sites for hydroxylation is 2.